The van der Waals surface area contributed by atoms with Crippen LogP contribution in [0.3, 0.4) is 0 Å². The van der Waals surface area contributed by atoms with Crippen molar-refractivity contribution >= 4 is 5.97 Å². The van der Waals surface area contributed by atoms with Gasteiger partial charge in [-0.1, -0.05) is 0 Å². The summed E-state index contributed by atoms with van der Waals surface area (Å²) in [5.41, 5.74) is -0.338. The van der Waals surface area contributed by atoms with Crippen LogP contribution in [0.25, 0.3) is 0 Å². The van der Waals surface area contributed by atoms with Gasteiger partial charge >= 0.3 is 5.97 Å². The normalized spacial score (nSPS) is 19.2. The Bertz CT molecular complexity index is 151. The lowest BCUT2D eigenvalue weighted by Gasteiger charge is -2.28. The van der Waals surface area contributed by atoms with Crippen molar-refractivity contribution in [2.24, 2.45) is 5.41 Å². The molecule has 11 heavy (non-hydrogen) atoms. The summed E-state index contributed by atoms with van der Waals surface area (Å²) in [6.07, 6.45) is 3.55. The van der Waals surface area contributed by atoms with Gasteiger partial charge in [-0.05, 0) is 40.0 Å². The molecule has 1 rings (SSSR count). The van der Waals surface area contributed by atoms with Crippen LogP contribution in [0.2, 0.25) is 0 Å². The predicted octanol–water partition coefficient (Wildman–Crippen LogP) is 2.13. The van der Waals surface area contributed by atoms with Gasteiger partial charge in [-0.25, -0.2) is 0 Å². The molecule has 0 aliphatic heterocycles. The molecule has 1 fully saturated rings. The van der Waals surface area contributed by atoms with Crippen molar-refractivity contribution in [1.29, 1.82) is 0 Å². The quantitative estimate of drug-likeness (QED) is 0.543. The molecule has 1 saturated carbocycles. The van der Waals surface area contributed by atoms with Crippen molar-refractivity contribution in [2.75, 3.05) is 0 Å². The smallest absolute Gasteiger partial charge is 0.311 e. The maximum absolute atomic E-state index is 11.2. The highest BCUT2D eigenvalue weighted by Gasteiger charge is 2.28. The Labute approximate surface area is 67.9 Å². The van der Waals surface area contributed by atoms with E-state index in [2.05, 4.69) is 0 Å². The van der Waals surface area contributed by atoms with Gasteiger partial charge in [0.25, 0.3) is 0 Å². The standard InChI is InChI=1S/C9H16O2/c1-9(2,3)8(10)11-7-5-4-6-7/h7H,4-6H2,1-3H3. The number of carbonyl (C=O) groups is 1. The first-order valence-electron chi connectivity index (χ1n) is 4.21. The molecule has 0 spiro atoms. The molecule has 1 aliphatic carbocycles. The number of carbonyl (C=O) groups excluding carboxylic acids is 1. The van der Waals surface area contributed by atoms with Crippen LogP contribution in [-0.2, 0) is 9.53 Å². The van der Waals surface area contributed by atoms with Crippen LogP contribution in [-0.4, -0.2) is 12.1 Å². The molecular weight excluding hydrogens is 140 g/mol. The minimum atomic E-state index is -0.338. The van der Waals surface area contributed by atoms with E-state index in [-0.39, 0.29) is 17.5 Å². The van der Waals surface area contributed by atoms with E-state index in [0.29, 0.717) is 0 Å². The SMILES string of the molecule is CC(C)(C)C(=O)OC1CCC1. The highest BCUT2D eigenvalue weighted by atomic mass is 16.5. The Morgan fingerprint density at radius 2 is 1.91 bits per heavy atom. The van der Waals surface area contributed by atoms with E-state index < -0.39 is 0 Å². The second-order valence-corrected chi connectivity index (χ2v) is 4.21. The molecule has 0 heterocycles. The summed E-state index contributed by atoms with van der Waals surface area (Å²) in [5, 5.41) is 0. The first-order valence-corrected chi connectivity index (χ1v) is 4.21. The van der Waals surface area contributed by atoms with E-state index in [1.807, 2.05) is 20.8 Å². The van der Waals surface area contributed by atoms with Gasteiger partial charge in [0.05, 0.1) is 5.41 Å². The van der Waals surface area contributed by atoms with Crippen molar-refractivity contribution in [2.45, 2.75) is 46.1 Å². The first-order chi connectivity index (χ1) is 5.00. The minimum Gasteiger partial charge on any atom is -0.462 e. The van der Waals surface area contributed by atoms with Crippen LogP contribution in [0.5, 0.6) is 0 Å². The number of hydrogen-bond acceptors (Lipinski definition) is 2. The Morgan fingerprint density at radius 3 is 2.18 bits per heavy atom. The molecule has 0 radical (unpaired) electrons. The zero-order valence-corrected chi connectivity index (χ0v) is 7.52. The lowest BCUT2D eigenvalue weighted by atomic mass is 9.94. The number of esters is 1. The topological polar surface area (TPSA) is 26.3 Å². The summed E-state index contributed by atoms with van der Waals surface area (Å²) in [4.78, 5) is 11.2. The average molecular weight is 156 g/mol. The second-order valence-electron chi connectivity index (χ2n) is 4.21. The molecule has 0 aromatic carbocycles. The number of ether oxygens (including phenoxy) is 1. The van der Waals surface area contributed by atoms with Crippen molar-refractivity contribution in [1.82, 2.24) is 0 Å². The molecule has 2 heteroatoms. The Balaban J connectivity index is 2.30. The largest absolute Gasteiger partial charge is 0.462 e. The van der Waals surface area contributed by atoms with Crippen molar-refractivity contribution in [3.63, 3.8) is 0 Å². The zero-order chi connectivity index (χ0) is 8.48. The van der Waals surface area contributed by atoms with Crippen molar-refractivity contribution < 1.29 is 9.53 Å². The van der Waals surface area contributed by atoms with E-state index in [9.17, 15) is 4.79 Å². The van der Waals surface area contributed by atoms with Gasteiger partial charge in [-0.15, -0.1) is 0 Å². The third-order valence-corrected chi connectivity index (χ3v) is 1.94. The van der Waals surface area contributed by atoms with Gasteiger partial charge in [-0.3, -0.25) is 4.79 Å². The summed E-state index contributed by atoms with van der Waals surface area (Å²) in [6.45, 7) is 5.65. The Morgan fingerprint density at radius 1 is 1.36 bits per heavy atom. The Hall–Kier alpha value is -0.530. The summed E-state index contributed by atoms with van der Waals surface area (Å²) in [7, 11) is 0. The third kappa shape index (κ3) is 2.21. The lowest BCUT2D eigenvalue weighted by molar-refractivity contribution is -0.162. The molecule has 64 valence electrons. The molecule has 0 unspecified atom stereocenters. The van der Waals surface area contributed by atoms with Gasteiger partial charge in [0.15, 0.2) is 0 Å². The van der Waals surface area contributed by atoms with E-state index >= 15 is 0 Å². The molecule has 0 aromatic heterocycles. The number of rotatable bonds is 1. The van der Waals surface area contributed by atoms with E-state index in [1.165, 1.54) is 6.42 Å². The fraction of sp³-hybridized carbons (Fsp3) is 0.889. The van der Waals surface area contributed by atoms with Gasteiger partial charge in [0, 0.05) is 0 Å². The van der Waals surface area contributed by atoms with E-state index in [0.717, 1.165) is 12.8 Å². The molecule has 0 atom stereocenters. The van der Waals surface area contributed by atoms with Crippen molar-refractivity contribution in [3.8, 4) is 0 Å². The minimum absolute atomic E-state index is 0.0674. The molecule has 0 bridgehead atoms. The predicted molar refractivity (Wildman–Crippen MR) is 43.2 cm³/mol. The van der Waals surface area contributed by atoms with Gasteiger partial charge < -0.3 is 4.74 Å². The van der Waals surface area contributed by atoms with Crippen molar-refractivity contribution in [3.05, 3.63) is 0 Å². The van der Waals surface area contributed by atoms with Crippen LogP contribution in [0, 0.1) is 5.41 Å². The fourth-order valence-corrected chi connectivity index (χ4v) is 0.817. The molecule has 2 nitrogen and oxygen atoms in total. The highest BCUT2D eigenvalue weighted by Crippen LogP contribution is 2.25. The number of hydrogen-bond donors (Lipinski definition) is 0. The summed E-state index contributed by atoms with van der Waals surface area (Å²) in [6, 6.07) is 0. The summed E-state index contributed by atoms with van der Waals surface area (Å²) < 4.78 is 5.21. The van der Waals surface area contributed by atoms with Crippen LogP contribution < -0.4 is 0 Å². The van der Waals surface area contributed by atoms with E-state index in [4.69, 9.17) is 4.74 Å². The van der Waals surface area contributed by atoms with Crippen LogP contribution in [0.4, 0.5) is 0 Å². The van der Waals surface area contributed by atoms with Crippen LogP contribution >= 0.6 is 0 Å². The molecule has 1 aliphatic rings. The maximum Gasteiger partial charge on any atom is 0.311 e. The second kappa shape index (κ2) is 2.84. The average Bonchev–Trinajstić information content (AvgIpc) is 1.75. The summed E-state index contributed by atoms with van der Waals surface area (Å²) >= 11 is 0. The van der Waals surface area contributed by atoms with Gasteiger partial charge in [0.1, 0.15) is 6.10 Å². The monoisotopic (exact) mass is 156 g/mol. The van der Waals surface area contributed by atoms with Crippen LogP contribution in [0.15, 0.2) is 0 Å². The van der Waals surface area contributed by atoms with Gasteiger partial charge in [-0.2, -0.15) is 0 Å². The molecule has 0 saturated heterocycles. The van der Waals surface area contributed by atoms with Gasteiger partial charge in [0.2, 0.25) is 0 Å². The molecule has 0 N–H and O–H groups in total. The Kier molecular flexibility index (Phi) is 2.21. The molecule has 0 aromatic rings. The van der Waals surface area contributed by atoms with E-state index in [1.54, 1.807) is 0 Å². The molecular formula is C9H16O2. The fourth-order valence-electron chi connectivity index (χ4n) is 0.817. The zero-order valence-electron chi connectivity index (χ0n) is 7.52. The highest BCUT2D eigenvalue weighted by molar-refractivity contribution is 5.75. The maximum atomic E-state index is 11.2. The third-order valence-electron chi connectivity index (χ3n) is 1.94. The summed E-state index contributed by atoms with van der Waals surface area (Å²) in [5.74, 6) is -0.0674. The molecule has 0 amide bonds. The van der Waals surface area contributed by atoms with Crippen LogP contribution in [0.1, 0.15) is 40.0 Å². The first kappa shape index (κ1) is 8.57. The lowest BCUT2D eigenvalue weighted by Crippen LogP contribution is -2.31.